The van der Waals surface area contributed by atoms with Crippen LogP contribution in [0.25, 0.3) is 0 Å². The van der Waals surface area contributed by atoms with Crippen molar-refractivity contribution in [2.75, 3.05) is 0 Å². The lowest BCUT2D eigenvalue weighted by Gasteiger charge is -2.29. The normalized spacial score (nSPS) is 29.6. The van der Waals surface area contributed by atoms with Gasteiger partial charge in [-0.15, -0.1) is 37.5 Å². The van der Waals surface area contributed by atoms with Crippen molar-refractivity contribution < 1.29 is 0 Å². The van der Waals surface area contributed by atoms with Crippen LogP contribution in [0.1, 0.15) is 0 Å². The molecule has 1 heterocycles. The molecular weight excluding hydrogens is 231 g/mol. The molecule has 1 fully saturated rings. The van der Waals surface area contributed by atoms with Crippen LogP contribution in [-0.4, -0.2) is 14.1 Å². The molecule has 1 radical (unpaired) electrons. The monoisotopic (exact) mass is 233 g/mol. The Morgan fingerprint density at radius 1 is 1.43 bits per heavy atom. The molecule has 0 nitrogen and oxygen atoms in total. The lowest BCUT2D eigenvalue weighted by atomic mass is 11.8. The molecule has 0 amide bonds. The van der Waals surface area contributed by atoms with Crippen LogP contribution in [0.15, 0.2) is 0 Å². The quantitative estimate of drug-likeness (QED) is 0.446. The largest absolute Gasteiger partial charge is 0.247 e. The lowest BCUT2D eigenvalue weighted by Crippen LogP contribution is -2.40. The van der Waals surface area contributed by atoms with Crippen molar-refractivity contribution in [2.45, 2.75) is 11.3 Å². The maximum absolute atomic E-state index is 5.80. The Hall–Kier alpha value is 1.49. The average Bonchev–Trinajstić information content (AvgIpc) is 1.27. The molecule has 0 saturated carbocycles. The lowest BCUT2D eigenvalue weighted by molar-refractivity contribution is 1.64. The summed E-state index contributed by atoms with van der Waals surface area (Å²) in [6, 6.07) is 0. The average molecular weight is 235 g/mol. The first-order valence-corrected chi connectivity index (χ1v) is 10.6. The predicted molar refractivity (Wildman–Crippen MR) is 41.8 cm³/mol. The minimum Gasteiger partial charge on any atom is -0.146 e. The summed E-state index contributed by atoms with van der Waals surface area (Å²) in [5.74, 6) is 0. The first-order chi connectivity index (χ1) is 3.10. The molecule has 5 heteroatoms. The topological polar surface area (TPSA) is 0 Å². The van der Waals surface area contributed by atoms with E-state index in [1.165, 1.54) is 0 Å². The second-order valence-electron chi connectivity index (χ2n) is 1.73. The van der Waals surface area contributed by atoms with Gasteiger partial charge in [-0.1, -0.05) is 0 Å². The van der Waals surface area contributed by atoms with Crippen molar-refractivity contribution >= 4 is 51.6 Å². The smallest absolute Gasteiger partial charge is 0.146 e. The Morgan fingerprint density at radius 2 is 1.86 bits per heavy atom. The standard InChI is InChI=1S/C2H4BrCl2Si2/c3-6-1-7(4,5)2-6/h1-2H2. The summed E-state index contributed by atoms with van der Waals surface area (Å²) < 4.78 is 0. The number of hydrogen-bond donors (Lipinski definition) is 0. The molecule has 7 heavy (non-hydrogen) atoms. The minimum absolute atomic E-state index is 0.190. The third-order valence-electron chi connectivity index (χ3n) is 0.901. The Labute approximate surface area is 62.8 Å². The van der Waals surface area contributed by atoms with E-state index < -0.39 is 6.69 Å². The summed E-state index contributed by atoms with van der Waals surface area (Å²) in [4.78, 5) is 0. The highest BCUT2D eigenvalue weighted by Crippen LogP contribution is 2.40. The van der Waals surface area contributed by atoms with E-state index in [0.29, 0.717) is 0 Å². The predicted octanol–water partition coefficient (Wildman–Crippen LogP) is 2.38. The van der Waals surface area contributed by atoms with Gasteiger partial charge in [-0.2, -0.15) is 0 Å². The second-order valence-corrected chi connectivity index (χ2v) is 15.6. The van der Waals surface area contributed by atoms with Crippen LogP contribution < -0.4 is 0 Å². The molecule has 0 atom stereocenters. The molecule has 41 valence electrons. The highest BCUT2D eigenvalue weighted by atomic mass is 79.9. The van der Waals surface area contributed by atoms with E-state index in [0.717, 1.165) is 11.3 Å². The molecule has 0 aromatic heterocycles. The number of rotatable bonds is 0. The van der Waals surface area contributed by atoms with Crippen molar-refractivity contribution in [1.29, 1.82) is 0 Å². The maximum Gasteiger partial charge on any atom is 0.247 e. The second kappa shape index (κ2) is 2.02. The Bertz CT molecular complexity index is 77.8. The zero-order valence-electron chi connectivity index (χ0n) is 3.55. The molecule has 0 aromatic rings. The Balaban J connectivity index is 2.29. The van der Waals surface area contributed by atoms with Gasteiger partial charge in [0.25, 0.3) is 0 Å². The van der Waals surface area contributed by atoms with Gasteiger partial charge in [0, 0.05) is 0 Å². The summed E-state index contributed by atoms with van der Waals surface area (Å²) in [5, 5.41) is 0. The van der Waals surface area contributed by atoms with Crippen molar-refractivity contribution in [3.8, 4) is 0 Å². The molecule has 0 bridgehead atoms. The minimum atomic E-state index is -1.57. The first kappa shape index (κ1) is 6.61. The maximum atomic E-state index is 5.80. The van der Waals surface area contributed by atoms with E-state index in [9.17, 15) is 0 Å². The number of halogens is 3. The van der Waals surface area contributed by atoms with Gasteiger partial charge in [0.1, 0.15) is 7.42 Å². The molecule has 1 aliphatic heterocycles. The van der Waals surface area contributed by atoms with Gasteiger partial charge in [0.05, 0.1) is 0 Å². The van der Waals surface area contributed by atoms with Gasteiger partial charge in [-0.05, 0) is 11.3 Å². The van der Waals surface area contributed by atoms with Gasteiger partial charge in [0.2, 0.25) is 6.69 Å². The van der Waals surface area contributed by atoms with Crippen molar-refractivity contribution in [3.63, 3.8) is 0 Å². The molecule has 0 N–H and O–H groups in total. The molecule has 0 unspecified atom stereocenters. The van der Waals surface area contributed by atoms with Crippen LogP contribution in [0.5, 0.6) is 0 Å². The van der Waals surface area contributed by atoms with E-state index in [1.807, 2.05) is 0 Å². The summed E-state index contributed by atoms with van der Waals surface area (Å²) in [7, 11) is -0.190. The van der Waals surface area contributed by atoms with Gasteiger partial charge in [-0.25, -0.2) is 0 Å². The summed E-state index contributed by atoms with van der Waals surface area (Å²) in [5.41, 5.74) is 2.25. The first-order valence-electron chi connectivity index (χ1n) is 1.98. The van der Waals surface area contributed by atoms with Gasteiger partial charge < -0.3 is 0 Å². The van der Waals surface area contributed by atoms with E-state index in [2.05, 4.69) is 15.3 Å². The molecular formula is C2H4BrCl2Si2. The third-order valence-corrected chi connectivity index (χ3v) is 18.0. The van der Waals surface area contributed by atoms with Gasteiger partial charge in [-0.3, -0.25) is 0 Å². The zero-order valence-corrected chi connectivity index (χ0v) is 8.65. The molecule has 1 aliphatic rings. The fraction of sp³-hybridized carbons (Fsp3) is 1.00. The van der Waals surface area contributed by atoms with Crippen LogP contribution >= 0.6 is 37.5 Å². The third kappa shape index (κ3) is 1.71. The fourth-order valence-corrected chi connectivity index (χ4v) is 24.8. The van der Waals surface area contributed by atoms with E-state index in [-0.39, 0.29) is 7.42 Å². The van der Waals surface area contributed by atoms with E-state index in [4.69, 9.17) is 22.2 Å². The number of hydrogen-bond acceptors (Lipinski definition) is 0. The fourth-order valence-electron chi connectivity index (χ4n) is 0.509. The van der Waals surface area contributed by atoms with Gasteiger partial charge in [0.15, 0.2) is 0 Å². The van der Waals surface area contributed by atoms with Crippen LogP contribution in [0.3, 0.4) is 0 Å². The van der Waals surface area contributed by atoms with Crippen LogP contribution in [0.2, 0.25) is 11.3 Å². The highest BCUT2D eigenvalue weighted by molar-refractivity contribution is 9.24. The molecule has 0 aromatic carbocycles. The highest BCUT2D eigenvalue weighted by Gasteiger charge is 2.44. The summed E-state index contributed by atoms with van der Waals surface area (Å²) in [6.07, 6.45) is 0. The molecule has 0 aliphatic carbocycles. The Kier molecular flexibility index (Phi) is 1.91. The van der Waals surface area contributed by atoms with Crippen molar-refractivity contribution in [1.82, 2.24) is 0 Å². The van der Waals surface area contributed by atoms with Crippen molar-refractivity contribution in [2.24, 2.45) is 0 Å². The molecule has 0 spiro atoms. The van der Waals surface area contributed by atoms with Crippen LogP contribution in [-0.2, 0) is 0 Å². The molecule has 1 rings (SSSR count). The van der Waals surface area contributed by atoms with Crippen LogP contribution in [0.4, 0.5) is 0 Å². The van der Waals surface area contributed by atoms with E-state index in [1.54, 1.807) is 0 Å². The van der Waals surface area contributed by atoms with Crippen molar-refractivity contribution in [3.05, 3.63) is 0 Å². The van der Waals surface area contributed by atoms with E-state index >= 15 is 0 Å². The summed E-state index contributed by atoms with van der Waals surface area (Å²) >= 11 is 15.1. The van der Waals surface area contributed by atoms with Gasteiger partial charge >= 0.3 is 0 Å². The zero-order chi connectivity index (χ0) is 5.49. The summed E-state index contributed by atoms with van der Waals surface area (Å²) in [6.45, 7) is -1.57. The SMILES string of the molecule is Cl[Si]1(Cl)C[Si](Br)C1. The van der Waals surface area contributed by atoms with Crippen LogP contribution in [0, 0.1) is 0 Å². The molecule has 1 saturated heterocycles. The Morgan fingerprint density at radius 3 is 1.86 bits per heavy atom.